The molecule has 0 aliphatic carbocycles. The Kier molecular flexibility index (Phi) is 5.18. The van der Waals surface area contributed by atoms with Crippen molar-refractivity contribution >= 4 is 11.6 Å². The Morgan fingerprint density at radius 1 is 1.27 bits per heavy atom. The number of carbonyl (C=O) groups excluding carboxylic acids is 1. The fraction of sp³-hybridized carbons (Fsp3) is 0.550. The van der Waals surface area contributed by atoms with E-state index in [0.29, 0.717) is 5.69 Å². The number of rotatable bonds is 5. The van der Waals surface area contributed by atoms with Gasteiger partial charge in [-0.25, -0.2) is 9.97 Å². The number of fused-ring (bicyclic) bond motifs is 1. The molecule has 0 radical (unpaired) electrons. The first-order valence-electron chi connectivity index (χ1n) is 9.78. The zero-order valence-corrected chi connectivity index (χ0v) is 15.2. The second-order valence-electron chi connectivity index (χ2n) is 7.40. The number of pyridine rings is 1. The molecular formula is C20H27N5O. The van der Waals surface area contributed by atoms with Gasteiger partial charge in [0.25, 0.3) is 5.91 Å². The molecule has 0 saturated carbocycles. The summed E-state index contributed by atoms with van der Waals surface area (Å²) in [5.74, 6) is 0.818. The summed E-state index contributed by atoms with van der Waals surface area (Å²) in [4.78, 5) is 23.5. The van der Waals surface area contributed by atoms with Gasteiger partial charge in [0.2, 0.25) is 0 Å². The van der Waals surface area contributed by atoms with E-state index in [1.54, 1.807) is 0 Å². The normalized spacial score (nSPS) is 17.6. The lowest BCUT2D eigenvalue weighted by Gasteiger charge is -2.32. The number of amides is 1. The summed E-state index contributed by atoms with van der Waals surface area (Å²) in [5.41, 5.74) is 2.73. The van der Waals surface area contributed by atoms with Crippen LogP contribution in [-0.2, 0) is 13.0 Å². The van der Waals surface area contributed by atoms with Gasteiger partial charge < -0.3 is 14.8 Å². The number of hydrogen-bond donors (Lipinski definition) is 1. The SMILES string of the molecule is O=C(c1ccc2c(n1)CCCN2)N1CCC(CCCn2ccnc2)CC1. The summed E-state index contributed by atoms with van der Waals surface area (Å²) >= 11 is 0. The van der Waals surface area contributed by atoms with Crippen molar-refractivity contribution in [1.82, 2.24) is 19.4 Å². The van der Waals surface area contributed by atoms with Crippen LogP contribution in [-0.4, -0.2) is 45.0 Å². The molecule has 4 heterocycles. The van der Waals surface area contributed by atoms with E-state index in [9.17, 15) is 4.79 Å². The van der Waals surface area contributed by atoms with Crippen LogP contribution in [0.5, 0.6) is 0 Å². The van der Waals surface area contributed by atoms with Crippen molar-refractivity contribution in [2.45, 2.75) is 45.1 Å². The quantitative estimate of drug-likeness (QED) is 0.898. The van der Waals surface area contributed by atoms with E-state index in [0.717, 1.165) is 69.2 Å². The van der Waals surface area contributed by atoms with Gasteiger partial charge in [0.05, 0.1) is 17.7 Å². The lowest BCUT2D eigenvalue weighted by atomic mass is 9.92. The molecule has 1 amide bonds. The second kappa shape index (κ2) is 7.89. The van der Waals surface area contributed by atoms with Crippen LogP contribution in [0.1, 0.15) is 48.3 Å². The van der Waals surface area contributed by atoms with E-state index < -0.39 is 0 Å². The minimum atomic E-state index is 0.0928. The van der Waals surface area contributed by atoms with Crippen LogP contribution in [0.4, 0.5) is 5.69 Å². The van der Waals surface area contributed by atoms with Gasteiger partial charge in [-0.05, 0) is 56.6 Å². The number of carbonyl (C=O) groups is 1. The van der Waals surface area contributed by atoms with Crippen LogP contribution >= 0.6 is 0 Å². The van der Waals surface area contributed by atoms with Gasteiger partial charge in [-0.1, -0.05) is 0 Å². The molecule has 2 aliphatic rings. The molecule has 0 aromatic carbocycles. The summed E-state index contributed by atoms with van der Waals surface area (Å²) in [6.07, 6.45) is 12.4. The average Bonchev–Trinajstić information content (AvgIpc) is 3.21. The van der Waals surface area contributed by atoms with Crippen LogP contribution in [0.25, 0.3) is 0 Å². The highest BCUT2D eigenvalue weighted by Crippen LogP contribution is 2.24. The van der Waals surface area contributed by atoms with E-state index in [1.165, 1.54) is 12.8 Å². The molecule has 138 valence electrons. The molecule has 2 aromatic heterocycles. The van der Waals surface area contributed by atoms with Crippen molar-refractivity contribution in [1.29, 1.82) is 0 Å². The molecule has 2 aromatic rings. The number of anilines is 1. The van der Waals surface area contributed by atoms with Crippen molar-refractivity contribution in [3.8, 4) is 0 Å². The van der Waals surface area contributed by atoms with Crippen molar-refractivity contribution < 1.29 is 4.79 Å². The molecule has 6 heteroatoms. The molecule has 26 heavy (non-hydrogen) atoms. The fourth-order valence-electron chi connectivity index (χ4n) is 4.02. The molecule has 2 aliphatic heterocycles. The molecule has 1 saturated heterocycles. The minimum absolute atomic E-state index is 0.0928. The van der Waals surface area contributed by atoms with Gasteiger partial charge in [0.15, 0.2) is 0 Å². The molecule has 1 N–H and O–H groups in total. The molecular weight excluding hydrogens is 326 g/mol. The first kappa shape index (κ1) is 17.1. The topological polar surface area (TPSA) is 63.1 Å². The predicted octanol–water partition coefficient (Wildman–Crippen LogP) is 2.97. The number of piperidine rings is 1. The summed E-state index contributed by atoms with van der Waals surface area (Å²) in [6, 6.07) is 3.88. The number of nitrogens with one attached hydrogen (secondary N) is 1. The lowest BCUT2D eigenvalue weighted by Crippen LogP contribution is -2.39. The highest BCUT2D eigenvalue weighted by molar-refractivity contribution is 5.92. The molecule has 4 rings (SSSR count). The first-order chi connectivity index (χ1) is 12.8. The largest absolute Gasteiger partial charge is 0.384 e. The van der Waals surface area contributed by atoms with Crippen LogP contribution in [0, 0.1) is 5.92 Å². The van der Waals surface area contributed by atoms with Crippen LogP contribution in [0.3, 0.4) is 0 Å². The van der Waals surface area contributed by atoms with Crippen molar-refractivity contribution in [2.75, 3.05) is 25.0 Å². The number of aryl methyl sites for hydroxylation is 2. The third-order valence-electron chi connectivity index (χ3n) is 5.59. The number of nitrogens with zero attached hydrogens (tertiary/aromatic N) is 4. The second-order valence-corrected chi connectivity index (χ2v) is 7.40. The number of aromatic nitrogens is 3. The highest BCUT2D eigenvalue weighted by atomic mass is 16.2. The van der Waals surface area contributed by atoms with Gasteiger partial charge >= 0.3 is 0 Å². The Hall–Kier alpha value is -2.37. The third kappa shape index (κ3) is 3.89. The Balaban J connectivity index is 1.27. The van der Waals surface area contributed by atoms with E-state index in [1.807, 2.05) is 35.8 Å². The first-order valence-corrected chi connectivity index (χ1v) is 9.78. The van der Waals surface area contributed by atoms with Gasteiger partial charge in [-0.15, -0.1) is 0 Å². The third-order valence-corrected chi connectivity index (χ3v) is 5.59. The van der Waals surface area contributed by atoms with Crippen molar-refractivity contribution in [3.05, 3.63) is 42.2 Å². The molecule has 0 spiro atoms. The molecule has 6 nitrogen and oxygen atoms in total. The monoisotopic (exact) mass is 353 g/mol. The maximum atomic E-state index is 12.8. The van der Waals surface area contributed by atoms with Gasteiger partial charge in [0, 0.05) is 38.6 Å². The fourth-order valence-corrected chi connectivity index (χ4v) is 4.02. The van der Waals surface area contributed by atoms with E-state index in [2.05, 4.69) is 19.9 Å². The standard InChI is InChI=1S/C20H27N5O/c26-20(19-6-5-17-18(23-19)4-1-9-22-17)25-12-7-16(8-13-25)3-2-11-24-14-10-21-15-24/h5-6,10,14-16,22H,1-4,7-9,11-13H2. The van der Waals surface area contributed by atoms with Gasteiger partial charge in [-0.2, -0.15) is 0 Å². The van der Waals surface area contributed by atoms with Crippen LogP contribution < -0.4 is 5.32 Å². The van der Waals surface area contributed by atoms with Gasteiger partial charge in [-0.3, -0.25) is 4.79 Å². The summed E-state index contributed by atoms with van der Waals surface area (Å²) in [5, 5.41) is 3.35. The molecule has 0 atom stereocenters. The maximum absolute atomic E-state index is 12.8. The predicted molar refractivity (Wildman–Crippen MR) is 101 cm³/mol. The number of hydrogen-bond acceptors (Lipinski definition) is 4. The Labute approximate surface area is 154 Å². The van der Waals surface area contributed by atoms with Crippen molar-refractivity contribution in [3.63, 3.8) is 0 Å². The highest BCUT2D eigenvalue weighted by Gasteiger charge is 2.25. The number of imidazole rings is 1. The van der Waals surface area contributed by atoms with E-state index in [4.69, 9.17) is 0 Å². The zero-order chi connectivity index (χ0) is 17.8. The van der Waals surface area contributed by atoms with E-state index >= 15 is 0 Å². The molecule has 0 unspecified atom stereocenters. The summed E-state index contributed by atoms with van der Waals surface area (Å²) < 4.78 is 2.13. The van der Waals surface area contributed by atoms with Crippen LogP contribution in [0.2, 0.25) is 0 Å². The Morgan fingerprint density at radius 3 is 2.96 bits per heavy atom. The van der Waals surface area contributed by atoms with E-state index in [-0.39, 0.29) is 5.91 Å². The molecule has 0 bridgehead atoms. The van der Waals surface area contributed by atoms with Crippen LogP contribution in [0.15, 0.2) is 30.9 Å². The Bertz CT molecular complexity index is 735. The number of likely N-dealkylation sites (tertiary alicyclic amines) is 1. The lowest BCUT2D eigenvalue weighted by molar-refractivity contribution is 0.0679. The zero-order valence-electron chi connectivity index (χ0n) is 15.2. The summed E-state index contributed by atoms with van der Waals surface area (Å²) in [7, 11) is 0. The Morgan fingerprint density at radius 2 is 2.15 bits per heavy atom. The maximum Gasteiger partial charge on any atom is 0.272 e. The smallest absolute Gasteiger partial charge is 0.272 e. The van der Waals surface area contributed by atoms with Crippen molar-refractivity contribution in [2.24, 2.45) is 5.92 Å². The summed E-state index contributed by atoms with van der Waals surface area (Å²) in [6.45, 7) is 3.74. The average molecular weight is 353 g/mol. The molecule has 1 fully saturated rings. The van der Waals surface area contributed by atoms with Gasteiger partial charge in [0.1, 0.15) is 5.69 Å². The minimum Gasteiger partial charge on any atom is -0.384 e.